The van der Waals surface area contributed by atoms with Gasteiger partial charge in [0, 0.05) is 11.1 Å². The van der Waals surface area contributed by atoms with Crippen molar-refractivity contribution in [2.75, 3.05) is 0 Å². The second kappa shape index (κ2) is 3.26. The summed E-state index contributed by atoms with van der Waals surface area (Å²) in [6.45, 7) is 3.69. The first-order chi connectivity index (χ1) is 5.90. The Kier molecular flexibility index (Phi) is 2.48. The molecule has 13 heavy (non-hydrogen) atoms. The molecule has 3 nitrogen and oxygen atoms in total. The van der Waals surface area contributed by atoms with Gasteiger partial charge in [0.05, 0.1) is 0 Å². The minimum atomic E-state index is -0.434. The van der Waals surface area contributed by atoms with Crippen LogP contribution in [0.25, 0.3) is 0 Å². The maximum absolute atomic E-state index is 9.44. The normalized spacial score (nSPS) is 11.6. The lowest BCUT2D eigenvalue weighted by Gasteiger charge is -2.19. The van der Waals surface area contributed by atoms with Crippen molar-refractivity contribution in [3.05, 3.63) is 23.8 Å². The van der Waals surface area contributed by atoms with Gasteiger partial charge in [-0.2, -0.15) is 0 Å². The van der Waals surface area contributed by atoms with Gasteiger partial charge < -0.3 is 15.9 Å². The molecule has 0 spiro atoms. The smallest absolute Gasteiger partial charge is 0.122 e. The zero-order valence-electron chi connectivity index (χ0n) is 7.91. The molecule has 0 saturated carbocycles. The number of nitrogens with two attached hydrogens (primary N) is 1. The molecule has 0 aromatic heterocycles. The van der Waals surface area contributed by atoms with Crippen molar-refractivity contribution in [2.45, 2.75) is 25.8 Å². The number of benzene rings is 1. The van der Waals surface area contributed by atoms with Crippen molar-refractivity contribution in [3.63, 3.8) is 0 Å². The van der Waals surface area contributed by atoms with E-state index in [1.54, 1.807) is 18.2 Å². The van der Waals surface area contributed by atoms with E-state index in [2.05, 4.69) is 0 Å². The molecule has 0 unspecified atom stereocenters. The summed E-state index contributed by atoms with van der Waals surface area (Å²) in [5.74, 6) is 0.192. The molecule has 0 atom stereocenters. The van der Waals surface area contributed by atoms with Gasteiger partial charge in [-0.1, -0.05) is 6.07 Å². The van der Waals surface area contributed by atoms with Gasteiger partial charge in [0.2, 0.25) is 0 Å². The van der Waals surface area contributed by atoms with Gasteiger partial charge in [-0.3, -0.25) is 0 Å². The summed E-state index contributed by atoms with van der Waals surface area (Å²) in [5.41, 5.74) is 5.86. The summed E-state index contributed by atoms with van der Waals surface area (Å²) in [4.78, 5) is 0. The van der Waals surface area contributed by atoms with Gasteiger partial charge in [0.25, 0.3) is 0 Å². The average Bonchev–Trinajstić information content (AvgIpc) is 1.95. The molecule has 1 aromatic rings. The van der Waals surface area contributed by atoms with E-state index in [1.807, 2.05) is 13.8 Å². The van der Waals surface area contributed by atoms with Gasteiger partial charge in [0.15, 0.2) is 0 Å². The Labute approximate surface area is 77.8 Å². The van der Waals surface area contributed by atoms with Crippen LogP contribution in [0.2, 0.25) is 0 Å². The molecule has 3 heteroatoms. The lowest BCUT2D eigenvalue weighted by Crippen LogP contribution is -2.34. The van der Waals surface area contributed by atoms with E-state index in [0.29, 0.717) is 12.0 Å². The zero-order valence-corrected chi connectivity index (χ0v) is 7.91. The summed E-state index contributed by atoms with van der Waals surface area (Å²) >= 11 is 0. The van der Waals surface area contributed by atoms with Crippen LogP contribution in [0, 0.1) is 0 Å². The summed E-state index contributed by atoms with van der Waals surface area (Å²) in [5, 5.41) is 18.9. The van der Waals surface area contributed by atoms with Crippen LogP contribution in [-0.2, 0) is 6.42 Å². The minimum absolute atomic E-state index is 0.0959. The Morgan fingerprint density at radius 1 is 1.23 bits per heavy atom. The maximum atomic E-state index is 9.44. The standard InChI is InChI=1S/C10H15NO2/c1-10(2,11)6-7-8(12)4-3-5-9(7)13/h3-5,12-13H,6,11H2,1-2H3. The highest BCUT2D eigenvalue weighted by molar-refractivity contribution is 5.43. The second-order valence-corrected chi connectivity index (χ2v) is 3.94. The third-order valence-corrected chi connectivity index (χ3v) is 1.76. The Bertz CT molecular complexity index is 282. The SMILES string of the molecule is CC(C)(N)Cc1c(O)cccc1O. The molecule has 1 rings (SSSR count). The van der Waals surface area contributed by atoms with Crippen molar-refractivity contribution in [3.8, 4) is 11.5 Å². The molecule has 0 aliphatic carbocycles. The topological polar surface area (TPSA) is 66.5 Å². The van der Waals surface area contributed by atoms with E-state index in [1.165, 1.54) is 0 Å². The summed E-state index contributed by atoms with van der Waals surface area (Å²) in [6.07, 6.45) is 0.450. The molecule has 0 amide bonds. The fourth-order valence-corrected chi connectivity index (χ4v) is 1.20. The van der Waals surface area contributed by atoms with Gasteiger partial charge in [-0.05, 0) is 32.4 Å². The van der Waals surface area contributed by atoms with Crippen molar-refractivity contribution in [1.82, 2.24) is 0 Å². The molecule has 0 fully saturated rings. The summed E-state index contributed by atoms with van der Waals surface area (Å²) in [6, 6.07) is 4.68. The van der Waals surface area contributed by atoms with Crippen LogP contribution >= 0.6 is 0 Å². The molecule has 0 bridgehead atoms. The van der Waals surface area contributed by atoms with Gasteiger partial charge in [-0.15, -0.1) is 0 Å². The third-order valence-electron chi connectivity index (χ3n) is 1.76. The summed E-state index contributed by atoms with van der Waals surface area (Å²) in [7, 11) is 0. The monoisotopic (exact) mass is 181 g/mol. The predicted molar refractivity (Wildman–Crippen MR) is 51.7 cm³/mol. The van der Waals surface area contributed by atoms with Crippen molar-refractivity contribution >= 4 is 0 Å². The van der Waals surface area contributed by atoms with Crippen LogP contribution in [0.15, 0.2) is 18.2 Å². The lowest BCUT2D eigenvalue weighted by molar-refractivity contribution is 0.418. The van der Waals surface area contributed by atoms with E-state index in [9.17, 15) is 10.2 Å². The first-order valence-corrected chi connectivity index (χ1v) is 4.19. The highest BCUT2D eigenvalue weighted by Crippen LogP contribution is 2.28. The second-order valence-electron chi connectivity index (χ2n) is 3.94. The first-order valence-electron chi connectivity index (χ1n) is 4.19. The number of hydrogen-bond donors (Lipinski definition) is 3. The van der Waals surface area contributed by atoms with E-state index in [4.69, 9.17) is 5.73 Å². The minimum Gasteiger partial charge on any atom is -0.508 e. The van der Waals surface area contributed by atoms with Gasteiger partial charge >= 0.3 is 0 Å². The predicted octanol–water partition coefficient (Wildman–Crippen LogP) is 1.38. The van der Waals surface area contributed by atoms with E-state index < -0.39 is 5.54 Å². The molecule has 0 aliphatic rings. The van der Waals surface area contributed by atoms with E-state index >= 15 is 0 Å². The Morgan fingerprint density at radius 3 is 2.08 bits per heavy atom. The van der Waals surface area contributed by atoms with Crippen LogP contribution in [0.3, 0.4) is 0 Å². The van der Waals surface area contributed by atoms with Crippen LogP contribution in [0.5, 0.6) is 11.5 Å². The Balaban J connectivity index is 3.00. The van der Waals surface area contributed by atoms with Crippen LogP contribution < -0.4 is 5.73 Å². The number of hydrogen-bond acceptors (Lipinski definition) is 3. The van der Waals surface area contributed by atoms with E-state index in [0.717, 1.165) is 0 Å². The molecular weight excluding hydrogens is 166 g/mol. The zero-order chi connectivity index (χ0) is 10.1. The van der Waals surface area contributed by atoms with E-state index in [-0.39, 0.29) is 11.5 Å². The fourth-order valence-electron chi connectivity index (χ4n) is 1.20. The Hall–Kier alpha value is -1.22. The third kappa shape index (κ3) is 2.63. The number of rotatable bonds is 2. The lowest BCUT2D eigenvalue weighted by atomic mass is 9.95. The van der Waals surface area contributed by atoms with Crippen LogP contribution in [0.1, 0.15) is 19.4 Å². The average molecular weight is 181 g/mol. The summed E-state index contributed by atoms with van der Waals surface area (Å²) < 4.78 is 0. The van der Waals surface area contributed by atoms with Crippen LogP contribution in [0.4, 0.5) is 0 Å². The van der Waals surface area contributed by atoms with Crippen molar-refractivity contribution < 1.29 is 10.2 Å². The maximum Gasteiger partial charge on any atom is 0.122 e. The van der Waals surface area contributed by atoms with Crippen molar-refractivity contribution in [2.24, 2.45) is 5.73 Å². The number of phenols is 2. The molecule has 0 radical (unpaired) electrons. The molecular formula is C10H15NO2. The molecule has 1 aromatic carbocycles. The fraction of sp³-hybridized carbons (Fsp3) is 0.400. The molecule has 72 valence electrons. The molecule has 0 aliphatic heterocycles. The number of phenolic OH excluding ortho intramolecular Hbond substituents is 2. The molecule has 0 saturated heterocycles. The van der Waals surface area contributed by atoms with Gasteiger partial charge in [0.1, 0.15) is 11.5 Å². The van der Waals surface area contributed by atoms with Crippen molar-refractivity contribution in [1.29, 1.82) is 0 Å². The van der Waals surface area contributed by atoms with Gasteiger partial charge in [-0.25, -0.2) is 0 Å². The number of aromatic hydroxyl groups is 2. The quantitative estimate of drug-likeness (QED) is 0.645. The highest BCUT2D eigenvalue weighted by atomic mass is 16.3. The molecule has 4 N–H and O–H groups in total. The molecule has 0 heterocycles. The van der Waals surface area contributed by atoms with Crippen LogP contribution in [-0.4, -0.2) is 15.8 Å². The first kappa shape index (κ1) is 9.86. The Morgan fingerprint density at radius 2 is 1.69 bits per heavy atom. The highest BCUT2D eigenvalue weighted by Gasteiger charge is 2.16. The largest absolute Gasteiger partial charge is 0.508 e.